The lowest BCUT2D eigenvalue weighted by atomic mass is 9.98. The zero-order valence-electron chi connectivity index (χ0n) is 11.6. The molecule has 6 heteroatoms. The van der Waals surface area contributed by atoms with Gasteiger partial charge in [-0.3, -0.25) is 10.1 Å². The predicted molar refractivity (Wildman–Crippen MR) is 78.1 cm³/mol. The summed E-state index contributed by atoms with van der Waals surface area (Å²) in [6, 6.07) is 5.17. The third kappa shape index (κ3) is 2.46. The van der Waals surface area contributed by atoms with Crippen molar-refractivity contribution in [2.45, 2.75) is 25.7 Å². The fraction of sp³-hybridized carbons (Fsp3) is 0.533. The van der Waals surface area contributed by atoms with Gasteiger partial charge in [0.2, 0.25) is 0 Å². The molecule has 1 N–H and O–H groups in total. The summed E-state index contributed by atoms with van der Waals surface area (Å²) in [6.07, 6.45) is 5.34. The van der Waals surface area contributed by atoms with Gasteiger partial charge < -0.3 is 9.73 Å². The maximum Gasteiger partial charge on any atom is 0.298 e. The molecule has 6 nitrogen and oxygen atoms in total. The van der Waals surface area contributed by atoms with Crippen molar-refractivity contribution in [2.75, 3.05) is 11.9 Å². The Morgan fingerprint density at radius 1 is 1.33 bits per heavy atom. The van der Waals surface area contributed by atoms with E-state index < -0.39 is 4.92 Å². The van der Waals surface area contributed by atoms with Crippen molar-refractivity contribution in [3.05, 3.63) is 28.3 Å². The summed E-state index contributed by atoms with van der Waals surface area (Å²) in [6.45, 7) is 0.857. The molecule has 1 heterocycles. The molecule has 0 aliphatic heterocycles. The van der Waals surface area contributed by atoms with Gasteiger partial charge in [0.15, 0.2) is 11.1 Å². The summed E-state index contributed by atoms with van der Waals surface area (Å²) < 4.78 is 5.58. The molecule has 0 atom stereocenters. The normalized spacial score (nSPS) is 18.3. The van der Waals surface area contributed by atoms with Crippen molar-refractivity contribution in [3.8, 4) is 0 Å². The van der Waals surface area contributed by atoms with Crippen LogP contribution in [0.15, 0.2) is 22.6 Å². The fourth-order valence-corrected chi connectivity index (χ4v) is 3.13. The maximum absolute atomic E-state index is 11.0. The van der Waals surface area contributed by atoms with Crippen LogP contribution >= 0.6 is 0 Å². The highest BCUT2D eigenvalue weighted by Gasteiger charge is 2.41. The van der Waals surface area contributed by atoms with Crippen molar-refractivity contribution in [1.29, 1.82) is 0 Å². The van der Waals surface area contributed by atoms with Gasteiger partial charge in [-0.15, -0.1) is 0 Å². The van der Waals surface area contributed by atoms with Crippen LogP contribution in [0.25, 0.3) is 11.1 Å². The summed E-state index contributed by atoms with van der Waals surface area (Å²) in [5, 5.41) is 14.2. The first-order valence-electron chi connectivity index (χ1n) is 7.50. The van der Waals surface area contributed by atoms with Crippen LogP contribution in [-0.2, 0) is 0 Å². The number of anilines is 1. The molecule has 2 saturated carbocycles. The molecule has 2 aliphatic rings. The maximum atomic E-state index is 11.0. The third-order valence-electron chi connectivity index (χ3n) is 4.54. The van der Waals surface area contributed by atoms with Gasteiger partial charge in [0, 0.05) is 12.6 Å². The molecule has 0 bridgehead atoms. The van der Waals surface area contributed by atoms with E-state index in [1.54, 1.807) is 12.1 Å². The molecular weight excluding hydrogens is 270 g/mol. The van der Waals surface area contributed by atoms with E-state index in [1.807, 2.05) is 0 Å². The number of nitro groups is 1. The molecular formula is C15H17N3O3. The number of fused-ring (bicyclic) bond motifs is 1. The minimum atomic E-state index is -0.425. The van der Waals surface area contributed by atoms with Crippen molar-refractivity contribution in [2.24, 2.45) is 17.8 Å². The minimum absolute atomic E-state index is 0.00904. The topological polar surface area (TPSA) is 81.2 Å². The zero-order chi connectivity index (χ0) is 14.4. The number of aromatic nitrogens is 1. The van der Waals surface area contributed by atoms with Gasteiger partial charge in [-0.2, -0.15) is 4.98 Å². The number of oxazole rings is 1. The molecule has 2 aliphatic carbocycles. The number of para-hydroxylation sites is 1. The van der Waals surface area contributed by atoms with Crippen LogP contribution in [0.1, 0.15) is 25.7 Å². The second-order valence-electron chi connectivity index (χ2n) is 6.12. The Morgan fingerprint density at radius 3 is 2.67 bits per heavy atom. The van der Waals surface area contributed by atoms with Crippen LogP contribution in [0.2, 0.25) is 0 Å². The second kappa shape index (κ2) is 4.72. The first-order valence-corrected chi connectivity index (χ1v) is 7.50. The highest BCUT2D eigenvalue weighted by atomic mass is 16.6. The molecule has 0 amide bonds. The third-order valence-corrected chi connectivity index (χ3v) is 4.54. The van der Waals surface area contributed by atoms with Crippen molar-refractivity contribution in [1.82, 2.24) is 4.98 Å². The van der Waals surface area contributed by atoms with Gasteiger partial charge in [0.1, 0.15) is 0 Å². The summed E-state index contributed by atoms with van der Waals surface area (Å²) in [5.74, 6) is 2.41. The first-order chi connectivity index (χ1) is 10.2. The molecule has 21 heavy (non-hydrogen) atoms. The SMILES string of the molecule is O=[N+]([O-])c1cccc2oc(NCC(C3CC3)C3CC3)nc12. The summed E-state index contributed by atoms with van der Waals surface area (Å²) in [5.41, 5.74) is 0.769. The number of hydrogen-bond acceptors (Lipinski definition) is 5. The molecule has 0 spiro atoms. The molecule has 0 saturated heterocycles. The predicted octanol–water partition coefficient (Wildman–Crippen LogP) is 3.58. The number of nitro benzene ring substituents is 1. The molecule has 1 aromatic heterocycles. The number of hydrogen-bond donors (Lipinski definition) is 1. The van der Waals surface area contributed by atoms with Crippen LogP contribution in [0.3, 0.4) is 0 Å². The molecule has 2 aromatic rings. The first kappa shape index (κ1) is 12.6. The average molecular weight is 287 g/mol. The molecule has 0 radical (unpaired) electrons. The lowest BCUT2D eigenvalue weighted by molar-refractivity contribution is -0.383. The Balaban J connectivity index is 1.53. The fourth-order valence-electron chi connectivity index (χ4n) is 3.13. The van der Waals surface area contributed by atoms with E-state index in [2.05, 4.69) is 10.3 Å². The van der Waals surface area contributed by atoms with Crippen molar-refractivity contribution in [3.63, 3.8) is 0 Å². The van der Waals surface area contributed by atoms with Gasteiger partial charge in [-0.05, 0) is 49.5 Å². The Hall–Kier alpha value is -2.11. The van der Waals surface area contributed by atoms with E-state index >= 15 is 0 Å². The molecule has 2 fully saturated rings. The lowest BCUT2D eigenvalue weighted by Crippen LogP contribution is -2.18. The van der Waals surface area contributed by atoms with Gasteiger partial charge in [0.25, 0.3) is 11.7 Å². The average Bonchev–Trinajstić information content (AvgIpc) is 3.36. The number of non-ortho nitro benzene ring substituents is 1. The van der Waals surface area contributed by atoms with E-state index in [4.69, 9.17) is 4.42 Å². The largest absolute Gasteiger partial charge is 0.423 e. The number of nitrogens with zero attached hydrogens (tertiary/aromatic N) is 2. The van der Waals surface area contributed by atoms with Crippen molar-refractivity contribution >= 4 is 22.8 Å². The Labute approximate surface area is 121 Å². The highest BCUT2D eigenvalue weighted by molar-refractivity contribution is 5.83. The summed E-state index contributed by atoms with van der Waals surface area (Å²) in [7, 11) is 0. The quantitative estimate of drug-likeness (QED) is 0.648. The van der Waals surface area contributed by atoms with E-state index in [0.29, 0.717) is 23.0 Å². The molecule has 110 valence electrons. The molecule has 0 unspecified atom stereocenters. The highest BCUT2D eigenvalue weighted by Crippen LogP contribution is 2.49. The second-order valence-corrected chi connectivity index (χ2v) is 6.12. The standard InChI is InChI=1S/C15H17N3O3/c19-18(20)12-2-1-3-13-14(12)17-15(21-13)16-8-11(9-4-5-9)10-6-7-10/h1-3,9-11H,4-8H2,(H,16,17). The lowest BCUT2D eigenvalue weighted by Gasteiger charge is -2.14. The molecule has 1 aromatic carbocycles. The van der Waals surface area contributed by atoms with E-state index in [0.717, 1.165) is 18.4 Å². The summed E-state index contributed by atoms with van der Waals surface area (Å²) >= 11 is 0. The van der Waals surface area contributed by atoms with E-state index in [-0.39, 0.29) is 5.69 Å². The van der Waals surface area contributed by atoms with E-state index in [1.165, 1.54) is 31.7 Å². The zero-order valence-corrected chi connectivity index (χ0v) is 11.6. The van der Waals surface area contributed by atoms with E-state index in [9.17, 15) is 10.1 Å². The molecule has 4 rings (SSSR count). The number of nitrogens with one attached hydrogen (secondary N) is 1. The monoisotopic (exact) mass is 287 g/mol. The Morgan fingerprint density at radius 2 is 2.05 bits per heavy atom. The van der Waals surface area contributed by atoms with Crippen LogP contribution < -0.4 is 5.32 Å². The summed E-state index contributed by atoms with van der Waals surface area (Å²) in [4.78, 5) is 14.8. The van der Waals surface area contributed by atoms with Crippen LogP contribution in [0, 0.1) is 27.9 Å². The smallest absolute Gasteiger partial charge is 0.298 e. The van der Waals surface area contributed by atoms with Gasteiger partial charge in [-0.1, -0.05) is 6.07 Å². The Kier molecular flexibility index (Phi) is 2.83. The van der Waals surface area contributed by atoms with Crippen molar-refractivity contribution < 1.29 is 9.34 Å². The number of benzene rings is 1. The van der Waals surface area contributed by atoms with Gasteiger partial charge in [-0.25, -0.2) is 0 Å². The minimum Gasteiger partial charge on any atom is -0.423 e. The van der Waals surface area contributed by atoms with Crippen LogP contribution in [0.4, 0.5) is 11.7 Å². The van der Waals surface area contributed by atoms with Gasteiger partial charge in [0.05, 0.1) is 4.92 Å². The number of rotatable bonds is 6. The van der Waals surface area contributed by atoms with Gasteiger partial charge >= 0.3 is 0 Å². The van der Waals surface area contributed by atoms with Crippen LogP contribution in [-0.4, -0.2) is 16.5 Å². The Bertz CT molecular complexity index is 677. The van der Waals surface area contributed by atoms with Crippen LogP contribution in [0.5, 0.6) is 0 Å².